The smallest absolute Gasteiger partial charge is 0.249 e. The standard InChI is InChI=1S/C18H13BrN2O2S/c1-12-6-8-13(9-7-12)24(22,23)21-16-5-3-2-4-14(16)15-11-20-18(19)10-17(15)21/h2-11H,1H3/i2D,3D,4D,5D,10D,11D. The maximum Gasteiger partial charge on any atom is 0.268 e. The lowest BCUT2D eigenvalue weighted by Crippen LogP contribution is -2.12. The first kappa shape index (κ1) is 9.96. The van der Waals surface area contributed by atoms with Gasteiger partial charge in [-0.15, -0.1) is 0 Å². The zero-order chi connectivity index (χ0) is 22.1. The van der Waals surface area contributed by atoms with E-state index in [-0.39, 0.29) is 37.3 Å². The highest BCUT2D eigenvalue weighted by Crippen LogP contribution is 2.33. The molecule has 0 saturated carbocycles. The Morgan fingerprint density at radius 3 is 2.54 bits per heavy atom. The van der Waals surface area contributed by atoms with Gasteiger partial charge in [-0.05, 0) is 47.1 Å². The lowest BCUT2D eigenvalue weighted by Gasteiger charge is -2.09. The van der Waals surface area contributed by atoms with Gasteiger partial charge in [0.25, 0.3) is 10.0 Å². The van der Waals surface area contributed by atoms with Crippen LogP contribution < -0.4 is 0 Å². The average Bonchev–Trinajstić information content (AvgIpc) is 3.07. The van der Waals surface area contributed by atoms with Crippen molar-refractivity contribution in [1.82, 2.24) is 8.96 Å². The minimum Gasteiger partial charge on any atom is -0.249 e. The highest BCUT2D eigenvalue weighted by Gasteiger charge is 2.23. The van der Waals surface area contributed by atoms with E-state index in [1.54, 1.807) is 19.1 Å². The number of fused-ring (bicyclic) bond motifs is 3. The normalized spacial score (nSPS) is 15.6. The molecule has 6 heteroatoms. The maximum atomic E-state index is 13.6. The van der Waals surface area contributed by atoms with Crippen LogP contribution in [0.2, 0.25) is 0 Å². The number of hydrogen-bond acceptors (Lipinski definition) is 3. The molecule has 0 N–H and O–H groups in total. The van der Waals surface area contributed by atoms with Crippen LogP contribution in [0.5, 0.6) is 0 Å². The minimum atomic E-state index is -4.37. The summed E-state index contributed by atoms with van der Waals surface area (Å²) >= 11 is 3.06. The molecule has 120 valence electrons. The molecule has 0 aliphatic carbocycles. The Bertz CT molecular complexity index is 1480. The number of halogens is 1. The Kier molecular flexibility index (Phi) is 2.25. The second kappa shape index (κ2) is 5.43. The fourth-order valence-electron chi connectivity index (χ4n) is 2.48. The zero-order valence-electron chi connectivity index (χ0n) is 18.3. The molecule has 2 heterocycles. The Hall–Kier alpha value is -2.18. The van der Waals surface area contributed by atoms with E-state index >= 15 is 0 Å². The van der Waals surface area contributed by atoms with Gasteiger partial charge in [0.1, 0.15) is 4.60 Å². The van der Waals surface area contributed by atoms with Gasteiger partial charge in [0.15, 0.2) is 0 Å². The average molecular weight is 407 g/mol. The molecular weight excluding hydrogens is 388 g/mol. The lowest BCUT2D eigenvalue weighted by molar-refractivity contribution is 0.590. The van der Waals surface area contributed by atoms with E-state index < -0.39 is 40.4 Å². The lowest BCUT2D eigenvalue weighted by atomic mass is 10.2. The molecule has 4 rings (SSSR count). The van der Waals surface area contributed by atoms with E-state index in [4.69, 9.17) is 8.22 Å². The van der Waals surface area contributed by atoms with Crippen LogP contribution in [0.4, 0.5) is 0 Å². The van der Waals surface area contributed by atoms with Crippen molar-refractivity contribution in [3.8, 4) is 0 Å². The van der Waals surface area contributed by atoms with Crippen molar-refractivity contribution in [3.63, 3.8) is 0 Å². The fraction of sp³-hybridized carbons (Fsp3) is 0.0556. The quantitative estimate of drug-likeness (QED) is 0.460. The molecule has 2 aromatic heterocycles. The summed E-state index contributed by atoms with van der Waals surface area (Å²) in [6.45, 7) is 1.80. The van der Waals surface area contributed by atoms with Gasteiger partial charge in [-0.3, -0.25) is 0 Å². The van der Waals surface area contributed by atoms with E-state index in [0.29, 0.717) is 0 Å². The van der Waals surface area contributed by atoms with Gasteiger partial charge in [0.2, 0.25) is 0 Å². The van der Waals surface area contributed by atoms with Gasteiger partial charge in [-0.1, -0.05) is 35.8 Å². The molecule has 0 spiro atoms. The van der Waals surface area contributed by atoms with Crippen LogP contribution in [0.1, 0.15) is 13.8 Å². The molecule has 0 fully saturated rings. The van der Waals surface area contributed by atoms with Crippen molar-refractivity contribution in [3.05, 3.63) is 70.8 Å². The molecule has 24 heavy (non-hydrogen) atoms. The number of aryl methyl sites for hydroxylation is 1. The van der Waals surface area contributed by atoms with Crippen LogP contribution in [0, 0.1) is 6.92 Å². The molecule has 0 aliphatic heterocycles. The van der Waals surface area contributed by atoms with Crippen LogP contribution in [-0.2, 0) is 10.0 Å². The van der Waals surface area contributed by atoms with Crippen molar-refractivity contribution >= 4 is 47.8 Å². The van der Waals surface area contributed by atoms with Crippen LogP contribution in [0.25, 0.3) is 21.8 Å². The number of para-hydroxylation sites is 1. The third-order valence-corrected chi connectivity index (χ3v) is 5.70. The predicted octanol–water partition coefficient (Wildman–Crippen LogP) is 4.50. The summed E-state index contributed by atoms with van der Waals surface area (Å²) in [4.78, 5) is 3.78. The van der Waals surface area contributed by atoms with Crippen LogP contribution in [0.3, 0.4) is 0 Å². The van der Waals surface area contributed by atoms with Gasteiger partial charge in [-0.25, -0.2) is 17.4 Å². The zero-order valence-corrected chi connectivity index (χ0v) is 14.7. The Balaban J connectivity index is 2.36. The van der Waals surface area contributed by atoms with E-state index in [2.05, 4.69) is 20.9 Å². The Morgan fingerprint density at radius 2 is 1.79 bits per heavy atom. The molecule has 0 unspecified atom stereocenters. The molecule has 0 amide bonds. The van der Waals surface area contributed by atoms with Gasteiger partial charge >= 0.3 is 0 Å². The largest absolute Gasteiger partial charge is 0.268 e. The van der Waals surface area contributed by atoms with E-state index in [1.807, 2.05) is 0 Å². The highest BCUT2D eigenvalue weighted by molar-refractivity contribution is 9.10. The van der Waals surface area contributed by atoms with Gasteiger partial charge < -0.3 is 0 Å². The number of hydrogen-bond donors (Lipinski definition) is 0. The van der Waals surface area contributed by atoms with Crippen LogP contribution in [0.15, 0.2) is 70.1 Å². The van der Waals surface area contributed by atoms with Gasteiger partial charge in [0, 0.05) is 16.9 Å². The van der Waals surface area contributed by atoms with Crippen molar-refractivity contribution in [1.29, 1.82) is 0 Å². The second-order valence-corrected chi connectivity index (χ2v) is 7.71. The third kappa shape index (κ3) is 2.25. The molecule has 0 aliphatic rings. The summed E-state index contributed by atoms with van der Waals surface area (Å²) < 4.78 is 77.1. The van der Waals surface area contributed by atoms with Crippen LogP contribution >= 0.6 is 15.9 Å². The number of pyridine rings is 1. The molecule has 2 aromatic carbocycles. The topological polar surface area (TPSA) is 52.0 Å². The summed E-state index contributed by atoms with van der Waals surface area (Å²) in [7, 11) is -4.37. The van der Waals surface area contributed by atoms with Crippen molar-refractivity contribution in [2.45, 2.75) is 11.8 Å². The van der Waals surface area contributed by atoms with Gasteiger partial charge in [-0.2, -0.15) is 0 Å². The Morgan fingerprint density at radius 1 is 1.08 bits per heavy atom. The summed E-state index contributed by atoms with van der Waals surface area (Å²) in [5, 5.41) is -0.286. The first-order valence-corrected chi connectivity index (χ1v) is 9.11. The van der Waals surface area contributed by atoms with E-state index in [1.165, 1.54) is 12.1 Å². The molecular formula is C18H13BrN2O2S. The SMILES string of the molecule is [2H]c1c([2H])c([2H])c2c(c1[2H])c1c([2H])nc(Br)c([2H])c1n2S(=O)(=O)c1ccc(C)cc1. The summed E-state index contributed by atoms with van der Waals surface area (Å²) in [6.07, 6.45) is -0.402. The first-order valence-electron chi connectivity index (χ1n) is 9.87. The molecule has 4 nitrogen and oxygen atoms in total. The summed E-state index contributed by atoms with van der Waals surface area (Å²) in [5.74, 6) is 0. The fourth-order valence-corrected chi connectivity index (χ4v) is 4.20. The molecule has 0 bridgehead atoms. The number of benzene rings is 2. The summed E-state index contributed by atoms with van der Waals surface area (Å²) in [6, 6.07) is 3.39. The second-order valence-electron chi connectivity index (χ2n) is 5.17. The van der Waals surface area contributed by atoms with Crippen molar-refractivity contribution in [2.24, 2.45) is 0 Å². The number of rotatable bonds is 2. The molecule has 0 atom stereocenters. The molecule has 0 saturated heterocycles. The number of aromatic nitrogens is 2. The molecule has 4 aromatic rings. The predicted molar refractivity (Wildman–Crippen MR) is 98.7 cm³/mol. The highest BCUT2D eigenvalue weighted by atomic mass is 79.9. The number of nitrogens with zero attached hydrogens (tertiary/aromatic N) is 2. The first-order chi connectivity index (χ1) is 14.0. The monoisotopic (exact) mass is 406 g/mol. The minimum absolute atomic E-state index is 0.0709. The van der Waals surface area contributed by atoms with Crippen molar-refractivity contribution in [2.75, 3.05) is 0 Å². The summed E-state index contributed by atoms with van der Waals surface area (Å²) in [5.41, 5.74) is 0.280. The van der Waals surface area contributed by atoms with E-state index in [9.17, 15) is 8.42 Å². The maximum absolute atomic E-state index is 13.6. The van der Waals surface area contributed by atoms with Gasteiger partial charge in [0.05, 0.1) is 24.2 Å². The molecule has 0 radical (unpaired) electrons. The third-order valence-electron chi connectivity index (χ3n) is 3.61. The van der Waals surface area contributed by atoms with Crippen molar-refractivity contribution < 1.29 is 16.6 Å². The van der Waals surface area contributed by atoms with Crippen LogP contribution in [-0.4, -0.2) is 17.4 Å². The Labute approximate surface area is 156 Å². The van der Waals surface area contributed by atoms with E-state index in [0.717, 1.165) is 9.54 Å².